The third-order valence-electron chi connectivity index (χ3n) is 5.89. The number of hydrogen-bond acceptors (Lipinski definition) is 7. The molecule has 30 heavy (non-hydrogen) atoms. The molecule has 0 unspecified atom stereocenters. The summed E-state index contributed by atoms with van der Waals surface area (Å²) in [7, 11) is -3.72. The van der Waals surface area contributed by atoms with Crippen molar-refractivity contribution < 1.29 is 13.2 Å². The molecule has 0 saturated carbocycles. The third kappa shape index (κ3) is 3.83. The summed E-state index contributed by atoms with van der Waals surface area (Å²) in [5, 5.41) is 9.17. The van der Waals surface area contributed by atoms with E-state index in [4.69, 9.17) is 9.88 Å². The minimum Gasteiger partial charge on any atom is -0.487 e. The van der Waals surface area contributed by atoms with E-state index in [0.29, 0.717) is 17.6 Å². The maximum absolute atomic E-state index is 11.4. The first-order chi connectivity index (χ1) is 14.5. The number of hydrogen-bond donors (Lipinski definition) is 2. The Morgan fingerprint density at radius 2 is 1.87 bits per heavy atom. The zero-order valence-corrected chi connectivity index (χ0v) is 17.2. The summed E-state index contributed by atoms with van der Waals surface area (Å²) in [6.07, 6.45) is 4.32. The second kappa shape index (κ2) is 7.50. The highest BCUT2D eigenvalue weighted by molar-refractivity contribution is 7.89. The van der Waals surface area contributed by atoms with Crippen LogP contribution in [-0.4, -0.2) is 49.0 Å². The molecule has 1 aromatic heterocycles. The molecule has 0 radical (unpaired) electrons. The highest BCUT2D eigenvalue weighted by Crippen LogP contribution is 2.33. The molecule has 3 fully saturated rings. The number of rotatable bonds is 5. The van der Waals surface area contributed by atoms with Crippen molar-refractivity contribution in [3.05, 3.63) is 48.7 Å². The Morgan fingerprint density at radius 1 is 1.10 bits per heavy atom. The maximum atomic E-state index is 11.4. The molecule has 3 saturated heterocycles. The van der Waals surface area contributed by atoms with E-state index in [-0.39, 0.29) is 11.0 Å². The van der Waals surface area contributed by atoms with Gasteiger partial charge in [0.1, 0.15) is 17.4 Å². The van der Waals surface area contributed by atoms with Crippen molar-refractivity contribution in [2.75, 3.05) is 25.0 Å². The van der Waals surface area contributed by atoms with E-state index in [1.807, 2.05) is 18.2 Å². The number of nitrogens with two attached hydrogens (primary N) is 1. The summed E-state index contributed by atoms with van der Waals surface area (Å²) in [6.45, 7) is 3.30. The summed E-state index contributed by atoms with van der Waals surface area (Å²) < 4.78 is 29.2. The van der Waals surface area contributed by atoms with Crippen molar-refractivity contribution >= 4 is 32.6 Å². The molecular weight excluding hydrogens is 402 g/mol. The minimum atomic E-state index is -3.72. The number of benzene rings is 2. The van der Waals surface area contributed by atoms with Crippen LogP contribution in [0.2, 0.25) is 0 Å². The van der Waals surface area contributed by atoms with Gasteiger partial charge in [0.2, 0.25) is 16.0 Å². The van der Waals surface area contributed by atoms with Crippen LogP contribution >= 0.6 is 0 Å². The summed E-state index contributed by atoms with van der Waals surface area (Å²) in [4.78, 5) is 11.6. The first-order valence-electron chi connectivity index (χ1n) is 10.0. The Labute approximate surface area is 175 Å². The fraction of sp³-hybridized carbons (Fsp3) is 0.333. The number of sulfonamides is 1. The quantitative estimate of drug-likeness (QED) is 0.646. The number of para-hydroxylation sites is 1. The lowest BCUT2D eigenvalue weighted by Gasteiger charge is -2.44. The average Bonchev–Trinajstić information content (AvgIpc) is 2.75. The zero-order valence-electron chi connectivity index (χ0n) is 16.4. The molecule has 9 heteroatoms. The highest BCUT2D eigenvalue weighted by Gasteiger charge is 2.35. The largest absolute Gasteiger partial charge is 0.487 e. The summed E-state index contributed by atoms with van der Waals surface area (Å²) in [6, 6.07) is 12.0. The Balaban J connectivity index is 1.40. The van der Waals surface area contributed by atoms with Crippen LogP contribution in [0.4, 0.5) is 11.6 Å². The number of nitrogens with one attached hydrogen (secondary N) is 1. The molecule has 0 amide bonds. The van der Waals surface area contributed by atoms with Crippen molar-refractivity contribution in [2.24, 2.45) is 11.1 Å². The van der Waals surface area contributed by atoms with E-state index in [9.17, 15) is 8.42 Å². The van der Waals surface area contributed by atoms with Crippen molar-refractivity contribution in [3.63, 3.8) is 0 Å². The molecule has 3 aliphatic heterocycles. The van der Waals surface area contributed by atoms with Gasteiger partial charge in [-0.25, -0.2) is 23.5 Å². The van der Waals surface area contributed by atoms with Gasteiger partial charge in [-0.3, -0.25) is 4.90 Å². The number of aromatic nitrogens is 2. The fourth-order valence-electron chi connectivity index (χ4n) is 4.25. The van der Waals surface area contributed by atoms with Crippen LogP contribution in [0.3, 0.4) is 0 Å². The van der Waals surface area contributed by atoms with Crippen molar-refractivity contribution in [2.45, 2.75) is 23.8 Å². The van der Waals surface area contributed by atoms with E-state index >= 15 is 0 Å². The third-order valence-corrected chi connectivity index (χ3v) is 6.82. The number of primary sulfonamides is 1. The molecule has 3 aliphatic rings. The minimum absolute atomic E-state index is 0.0562. The summed E-state index contributed by atoms with van der Waals surface area (Å²) in [5.41, 5.74) is 1.42. The Morgan fingerprint density at radius 3 is 2.53 bits per heavy atom. The van der Waals surface area contributed by atoms with E-state index in [0.717, 1.165) is 23.2 Å². The molecule has 3 aromatic rings. The fourth-order valence-corrected chi connectivity index (χ4v) is 4.76. The van der Waals surface area contributed by atoms with Crippen LogP contribution < -0.4 is 15.2 Å². The smallest absolute Gasteiger partial charge is 0.238 e. The molecule has 1 atom stereocenters. The standard InChI is InChI=1S/C21H23N5O3S/c22-30(27,28)17-6-4-16(5-7-17)24-21-23-12-15-2-1-3-18(20(15)25-21)29-19-13-26-10-8-14(19)9-11-26/h1-7,12,14,19H,8-11,13H2,(H2,22,27,28)(H,23,24,25)/t19-/m1/s1. The van der Waals surface area contributed by atoms with Gasteiger partial charge < -0.3 is 10.1 Å². The number of nitrogens with zero attached hydrogens (tertiary/aromatic N) is 3. The van der Waals surface area contributed by atoms with Crippen molar-refractivity contribution in [3.8, 4) is 5.75 Å². The predicted octanol–water partition coefficient (Wildman–Crippen LogP) is 2.49. The topological polar surface area (TPSA) is 110 Å². The second-order valence-corrected chi connectivity index (χ2v) is 9.44. The van der Waals surface area contributed by atoms with Crippen molar-refractivity contribution in [1.29, 1.82) is 0 Å². The summed E-state index contributed by atoms with van der Waals surface area (Å²) in [5.74, 6) is 1.78. The average molecular weight is 426 g/mol. The van der Waals surface area contributed by atoms with Crippen LogP contribution in [-0.2, 0) is 10.0 Å². The molecule has 8 nitrogen and oxygen atoms in total. The molecule has 0 spiro atoms. The van der Waals surface area contributed by atoms with Gasteiger partial charge in [0.25, 0.3) is 0 Å². The molecule has 3 N–H and O–H groups in total. The van der Waals surface area contributed by atoms with E-state index in [1.165, 1.54) is 38.1 Å². The lowest BCUT2D eigenvalue weighted by molar-refractivity contribution is -0.00710. The number of ether oxygens (including phenoxy) is 1. The number of piperidine rings is 3. The van der Waals surface area contributed by atoms with Gasteiger partial charge in [0, 0.05) is 23.8 Å². The van der Waals surface area contributed by atoms with Crippen LogP contribution in [0.1, 0.15) is 12.8 Å². The van der Waals surface area contributed by atoms with Gasteiger partial charge in [-0.2, -0.15) is 0 Å². The lowest BCUT2D eigenvalue weighted by atomic mass is 9.86. The first kappa shape index (κ1) is 19.2. The lowest BCUT2D eigenvalue weighted by Crippen LogP contribution is -2.52. The first-order valence-corrected chi connectivity index (χ1v) is 11.5. The zero-order chi connectivity index (χ0) is 20.7. The van der Waals surface area contributed by atoms with Gasteiger partial charge in [-0.05, 0) is 62.2 Å². The molecule has 6 rings (SSSR count). The van der Waals surface area contributed by atoms with Crippen LogP contribution in [0.5, 0.6) is 5.75 Å². The van der Waals surface area contributed by atoms with Gasteiger partial charge in [-0.15, -0.1) is 0 Å². The number of fused-ring (bicyclic) bond motifs is 4. The van der Waals surface area contributed by atoms with Gasteiger partial charge in [0.05, 0.1) is 4.90 Å². The van der Waals surface area contributed by atoms with Gasteiger partial charge in [0.15, 0.2) is 0 Å². The Hall–Kier alpha value is -2.75. The molecule has 4 heterocycles. The van der Waals surface area contributed by atoms with Gasteiger partial charge in [-0.1, -0.05) is 12.1 Å². The molecule has 156 valence electrons. The number of anilines is 2. The predicted molar refractivity (Wildman–Crippen MR) is 114 cm³/mol. The molecule has 0 aliphatic carbocycles. The van der Waals surface area contributed by atoms with E-state index < -0.39 is 10.0 Å². The van der Waals surface area contributed by atoms with E-state index in [2.05, 4.69) is 20.2 Å². The summed E-state index contributed by atoms with van der Waals surface area (Å²) >= 11 is 0. The van der Waals surface area contributed by atoms with Gasteiger partial charge >= 0.3 is 0 Å². The molecule has 2 bridgehead atoms. The van der Waals surface area contributed by atoms with Crippen LogP contribution in [0.15, 0.2) is 53.6 Å². The second-order valence-electron chi connectivity index (χ2n) is 7.88. The van der Waals surface area contributed by atoms with Crippen LogP contribution in [0.25, 0.3) is 10.9 Å². The van der Waals surface area contributed by atoms with Crippen molar-refractivity contribution in [1.82, 2.24) is 14.9 Å². The van der Waals surface area contributed by atoms with E-state index in [1.54, 1.807) is 18.3 Å². The Kier molecular flexibility index (Phi) is 4.80. The Bertz CT molecular complexity index is 1170. The molecular formula is C21H23N5O3S. The SMILES string of the molecule is NS(=O)(=O)c1ccc(Nc2ncc3cccc(O[C@@H]4CN5CCC4CC5)c3n2)cc1. The maximum Gasteiger partial charge on any atom is 0.238 e. The monoisotopic (exact) mass is 425 g/mol. The normalized spacial score (nSPS) is 23.4. The van der Waals surface area contributed by atoms with Crippen LogP contribution in [0, 0.1) is 5.92 Å². The highest BCUT2D eigenvalue weighted by atomic mass is 32.2. The molecule has 2 aromatic carbocycles.